The molecule has 1 heteroatoms. The van der Waals surface area contributed by atoms with Gasteiger partial charge in [-0.2, -0.15) is 0 Å². The highest BCUT2D eigenvalue weighted by atomic mass is 16.1. The topological polar surface area (TPSA) is 17.1 Å². The van der Waals surface area contributed by atoms with Gasteiger partial charge in [0.05, 0.1) is 0 Å². The fourth-order valence-corrected chi connectivity index (χ4v) is 9.17. The van der Waals surface area contributed by atoms with E-state index in [-0.39, 0.29) is 0 Å². The van der Waals surface area contributed by atoms with Gasteiger partial charge in [-0.05, 0) is 116 Å². The first-order valence-corrected chi connectivity index (χ1v) is 13.5. The Kier molecular flexibility index (Phi) is 6.39. The van der Waals surface area contributed by atoms with Gasteiger partial charge in [0.1, 0.15) is 0 Å². The zero-order valence-corrected chi connectivity index (χ0v) is 21.5. The maximum absolute atomic E-state index is 12.4. The summed E-state index contributed by atoms with van der Waals surface area (Å²) in [6.45, 7) is 16.9. The second kappa shape index (κ2) is 8.49. The monoisotopic (exact) mass is 424 g/mol. The summed E-state index contributed by atoms with van der Waals surface area (Å²) in [5.74, 6) is 6.04. The molecule has 0 heterocycles. The molecule has 0 aromatic carbocycles. The van der Waals surface area contributed by atoms with Gasteiger partial charge in [0.15, 0.2) is 5.78 Å². The lowest BCUT2D eigenvalue weighted by atomic mass is 9.46. The number of fused-ring (bicyclic) bond motifs is 5. The highest BCUT2D eigenvalue weighted by Gasteiger charge is 2.59. The number of carbonyl (C=O) groups is 1. The van der Waals surface area contributed by atoms with E-state index in [2.05, 4.69) is 60.6 Å². The molecule has 0 aromatic heterocycles. The molecule has 0 radical (unpaired) electrons. The van der Waals surface area contributed by atoms with Crippen molar-refractivity contribution in [1.82, 2.24) is 0 Å². The quantitative estimate of drug-likeness (QED) is 0.405. The van der Waals surface area contributed by atoms with Gasteiger partial charge >= 0.3 is 0 Å². The van der Waals surface area contributed by atoms with E-state index in [9.17, 15) is 4.79 Å². The predicted molar refractivity (Wildman–Crippen MR) is 132 cm³/mol. The molecule has 4 rings (SSSR count). The van der Waals surface area contributed by atoms with Crippen molar-refractivity contribution < 1.29 is 4.79 Å². The van der Waals surface area contributed by atoms with Crippen molar-refractivity contribution in [3.8, 4) is 0 Å². The normalized spacial score (nSPS) is 42.5. The molecule has 4 aliphatic carbocycles. The van der Waals surface area contributed by atoms with E-state index in [0.29, 0.717) is 22.5 Å². The second-order valence-electron chi connectivity index (χ2n) is 12.6. The maximum Gasteiger partial charge on any atom is 0.158 e. The lowest BCUT2D eigenvalue weighted by Gasteiger charge is -2.59. The Labute approximate surface area is 192 Å². The first kappa shape index (κ1) is 23.3. The standard InChI is InChI=1S/C30H48O/c1-8-22(19(2)3)10-9-20(4)24-13-14-26-23-11-12-25-21(5)28(31)16-18-30(25,7)27(23)15-17-29(24,26)6/h9-10,19-20,22-24,26-27H,8,11-18H2,1-7H3/b10-9+/t20-,22+,23+,24-,26+,27+,29-,30+/m1/s1. The number of ketones is 1. The van der Waals surface area contributed by atoms with Crippen LogP contribution in [-0.4, -0.2) is 5.78 Å². The zero-order chi connectivity index (χ0) is 22.6. The number of hydrogen-bond donors (Lipinski definition) is 0. The molecule has 3 saturated carbocycles. The number of allylic oxidation sites excluding steroid dienone is 3. The summed E-state index contributed by atoms with van der Waals surface area (Å²) in [4.78, 5) is 12.4. The van der Waals surface area contributed by atoms with Gasteiger partial charge in [-0.1, -0.05) is 59.3 Å². The molecule has 1 nitrogen and oxygen atoms in total. The van der Waals surface area contributed by atoms with Crippen LogP contribution < -0.4 is 0 Å². The lowest BCUT2D eigenvalue weighted by Crippen LogP contribution is -2.51. The van der Waals surface area contributed by atoms with Crippen LogP contribution >= 0.6 is 0 Å². The molecule has 8 atom stereocenters. The first-order valence-electron chi connectivity index (χ1n) is 13.5. The molecule has 0 amide bonds. The second-order valence-corrected chi connectivity index (χ2v) is 12.6. The van der Waals surface area contributed by atoms with Crippen molar-refractivity contribution in [1.29, 1.82) is 0 Å². The van der Waals surface area contributed by atoms with Gasteiger partial charge < -0.3 is 0 Å². The van der Waals surface area contributed by atoms with E-state index in [0.717, 1.165) is 53.9 Å². The molecule has 0 saturated heterocycles. The smallest absolute Gasteiger partial charge is 0.158 e. The highest BCUT2D eigenvalue weighted by Crippen LogP contribution is 2.67. The van der Waals surface area contributed by atoms with Crippen LogP contribution in [0.4, 0.5) is 0 Å². The van der Waals surface area contributed by atoms with Crippen molar-refractivity contribution in [2.24, 2.45) is 52.3 Å². The SMILES string of the molecule is CC[C@@H](/C=C/[C@@H](C)[C@H]1CC[C@H]2[C@@H]3CCC4=C(C)C(=O)CC[C@]4(C)[C@H]3CC[C@]12C)C(C)C. The minimum absolute atomic E-state index is 0.303. The molecule has 0 aromatic rings. The summed E-state index contributed by atoms with van der Waals surface area (Å²) in [7, 11) is 0. The van der Waals surface area contributed by atoms with Crippen LogP contribution in [0.3, 0.4) is 0 Å². The number of Topliss-reactive ketones (excluding diaryl/α,β-unsaturated/α-hetero) is 1. The van der Waals surface area contributed by atoms with Crippen LogP contribution in [0.5, 0.6) is 0 Å². The van der Waals surface area contributed by atoms with Crippen LogP contribution in [0, 0.1) is 52.3 Å². The van der Waals surface area contributed by atoms with Crippen LogP contribution in [0.25, 0.3) is 0 Å². The Morgan fingerprint density at radius 2 is 1.71 bits per heavy atom. The van der Waals surface area contributed by atoms with Crippen LogP contribution in [0.2, 0.25) is 0 Å². The first-order chi connectivity index (χ1) is 14.6. The van der Waals surface area contributed by atoms with Gasteiger partial charge in [-0.3, -0.25) is 4.79 Å². The lowest BCUT2D eigenvalue weighted by molar-refractivity contribution is -0.118. The molecule has 3 fully saturated rings. The highest BCUT2D eigenvalue weighted by molar-refractivity contribution is 5.96. The summed E-state index contributed by atoms with van der Waals surface area (Å²) in [6.07, 6.45) is 16.5. The van der Waals surface area contributed by atoms with Gasteiger partial charge in [-0.25, -0.2) is 0 Å². The molecule has 0 spiro atoms. The van der Waals surface area contributed by atoms with E-state index in [1.807, 2.05) is 0 Å². The maximum atomic E-state index is 12.4. The average molecular weight is 425 g/mol. The third-order valence-electron chi connectivity index (χ3n) is 11.1. The molecule has 4 aliphatic rings. The molecular formula is C30H48O. The van der Waals surface area contributed by atoms with Crippen molar-refractivity contribution in [3.05, 3.63) is 23.3 Å². The molecule has 174 valence electrons. The van der Waals surface area contributed by atoms with Crippen LogP contribution in [-0.2, 0) is 4.79 Å². The third-order valence-corrected chi connectivity index (χ3v) is 11.1. The van der Waals surface area contributed by atoms with Gasteiger partial charge in [0.25, 0.3) is 0 Å². The largest absolute Gasteiger partial charge is 0.295 e. The molecule has 0 bridgehead atoms. The van der Waals surface area contributed by atoms with E-state index in [1.165, 1.54) is 44.9 Å². The zero-order valence-electron chi connectivity index (χ0n) is 21.5. The molecule has 0 unspecified atom stereocenters. The Morgan fingerprint density at radius 3 is 2.39 bits per heavy atom. The van der Waals surface area contributed by atoms with E-state index in [4.69, 9.17) is 0 Å². The predicted octanol–water partition coefficient (Wildman–Crippen LogP) is 8.40. The minimum atomic E-state index is 0.303. The van der Waals surface area contributed by atoms with Crippen LogP contribution in [0.15, 0.2) is 23.3 Å². The summed E-state index contributed by atoms with van der Waals surface area (Å²) < 4.78 is 0. The van der Waals surface area contributed by atoms with E-state index >= 15 is 0 Å². The van der Waals surface area contributed by atoms with Crippen LogP contribution in [0.1, 0.15) is 106 Å². The van der Waals surface area contributed by atoms with Crippen molar-refractivity contribution in [3.63, 3.8) is 0 Å². The minimum Gasteiger partial charge on any atom is -0.295 e. The van der Waals surface area contributed by atoms with Gasteiger partial charge in [-0.15, -0.1) is 0 Å². The van der Waals surface area contributed by atoms with Crippen molar-refractivity contribution in [2.75, 3.05) is 0 Å². The third kappa shape index (κ3) is 3.71. The van der Waals surface area contributed by atoms with Crippen molar-refractivity contribution in [2.45, 2.75) is 106 Å². The summed E-state index contributed by atoms with van der Waals surface area (Å²) in [5.41, 5.74) is 3.51. The molecular weight excluding hydrogens is 376 g/mol. The molecule has 0 N–H and O–H groups in total. The van der Waals surface area contributed by atoms with E-state index < -0.39 is 0 Å². The van der Waals surface area contributed by atoms with E-state index in [1.54, 1.807) is 5.57 Å². The van der Waals surface area contributed by atoms with Crippen molar-refractivity contribution >= 4 is 5.78 Å². The summed E-state index contributed by atoms with van der Waals surface area (Å²) in [6, 6.07) is 0. The Hall–Kier alpha value is -0.850. The number of hydrogen-bond acceptors (Lipinski definition) is 1. The fraction of sp³-hybridized carbons (Fsp3) is 0.833. The Balaban J connectivity index is 1.54. The molecule has 31 heavy (non-hydrogen) atoms. The van der Waals surface area contributed by atoms with Gasteiger partial charge in [0, 0.05) is 6.42 Å². The Morgan fingerprint density at radius 1 is 0.968 bits per heavy atom. The van der Waals surface area contributed by atoms with Gasteiger partial charge in [0.2, 0.25) is 0 Å². The molecule has 0 aliphatic heterocycles. The summed E-state index contributed by atoms with van der Waals surface area (Å²) >= 11 is 0. The fourth-order valence-electron chi connectivity index (χ4n) is 9.17. The average Bonchev–Trinajstić information content (AvgIpc) is 3.08. The Bertz CT molecular complexity index is 756. The summed E-state index contributed by atoms with van der Waals surface area (Å²) in [5, 5.41) is 0. The number of carbonyl (C=O) groups excluding carboxylic acids is 1. The number of rotatable bonds is 5.